The molecule has 0 bridgehead atoms. The van der Waals surface area contributed by atoms with E-state index >= 15 is 0 Å². The predicted molar refractivity (Wildman–Crippen MR) is 111 cm³/mol. The number of nitrogens with one attached hydrogen (secondary N) is 2. The zero-order valence-corrected chi connectivity index (χ0v) is 17.2. The van der Waals surface area contributed by atoms with Crippen LogP contribution in [0.2, 0.25) is 0 Å². The molecule has 156 valence electrons. The first-order chi connectivity index (χ1) is 13.9. The second kappa shape index (κ2) is 9.17. The number of phenols is 1. The van der Waals surface area contributed by atoms with Crippen molar-refractivity contribution < 1.29 is 23.1 Å². The monoisotopic (exact) mass is 418 g/mol. The van der Waals surface area contributed by atoms with E-state index in [1.54, 1.807) is 24.3 Å². The van der Waals surface area contributed by atoms with E-state index in [1.165, 1.54) is 25.3 Å². The van der Waals surface area contributed by atoms with Crippen molar-refractivity contribution in [2.24, 2.45) is 0 Å². The molecule has 1 aliphatic rings. The van der Waals surface area contributed by atoms with E-state index in [4.69, 9.17) is 4.74 Å². The second-order valence-corrected chi connectivity index (χ2v) is 8.83. The van der Waals surface area contributed by atoms with Gasteiger partial charge in [0, 0.05) is 6.04 Å². The molecule has 0 unspecified atom stereocenters. The Bertz CT molecular complexity index is 967. The molecule has 0 aromatic heterocycles. The highest BCUT2D eigenvalue weighted by molar-refractivity contribution is 7.92. The minimum atomic E-state index is -3.98. The maximum atomic E-state index is 12.8. The van der Waals surface area contributed by atoms with Gasteiger partial charge in [-0.3, -0.25) is 9.52 Å². The number of aromatic hydroxyl groups is 1. The van der Waals surface area contributed by atoms with Crippen molar-refractivity contribution in [3.8, 4) is 11.5 Å². The summed E-state index contributed by atoms with van der Waals surface area (Å²) in [6.07, 6.45) is 6.18. The summed E-state index contributed by atoms with van der Waals surface area (Å²) >= 11 is 0. The Labute approximate surface area is 171 Å². The largest absolute Gasteiger partial charge is 0.507 e. The number of carbonyl (C=O) groups excluding carboxylic acids is 1. The molecule has 7 nitrogen and oxygen atoms in total. The van der Waals surface area contributed by atoms with Gasteiger partial charge in [0.05, 0.1) is 23.3 Å². The molecule has 2 aromatic rings. The number of hydrogen-bond donors (Lipinski definition) is 3. The lowest BCUT2D eigenvalue weighted by Gasteiger charge is -2.17. The SMILES string of the molecule is COc1ccccc1NS(=O)(=O)c1ccc(O)c(C(=O)NC2CCCCCC2)c1. The van der Waals surface area contributed by atoms with Crippen molar-refractivity contribution in [3.05, 3.63) is 48.0 Å². The summed E-state index contributed by atoms with van der Waals surface area (Å²) in [5, 5.41) is 13.1. The number of anilines is 1. The fourth-order valence-electron chi connectivity index (χ4n) is 3.48. The Balaban J connectivity index is 1.82. The van der Waals surface area contributed by atoms with Gasteiger partial charge in [0.2, 0.25) is 0 Å². The Hall–Kier alpha value is -2.74. The fourth-order valence-corrected chi connectivity index (χ4v) is 4.58. The van der Waals surface area contributed by atoms with Crippen LogP contribution >= 0.6 is 0 Å². The normalized spacial score (nSPS) is 15.3. The van der Waals surface area contributed by atoms with Gasteiger partial charge in [-0.1, -0.05) is 37.8 Å². The zero-order chi connectivity index (χ0) is 20.9. The van der Waals surface area contributed by atoms with Crippen LogP contribution in [0, 0.1) is 0 Å². The van der Waals surface area contributed by atoms with Crippen LogP contribution in [0.15, 0.2) is 47.4 Å². The molecule has 0 radical (unpaired) electrons. The van der Waals surface area contributed by atoms with Gasteiger partial charge in [-0.25, -0.2) is 8.42 Å². The molecule has 3 rings (SSSR count). The number of benzene rings is 2. The number of ether oxygens (including phenoxy) is 1. The predicted octanol–water partition coefficient (Wildman–Crippen LogP) is 3.65. The van der Waals surface area contributed by atoms with Crippen molar-refractivity contribution in [1.82, 2.24) is 5.32 Å². The van der Waals surface area contributed by atoms with Gasteiger partial charge in [-0.15, -0.1) is 0 Å². The second-order valence-electron chi connectivity index (χ2n) is 7.15. The number of amides is 1. The van der Waals surface area contributed by atoms with E-state index in [2.05, 4.69) is 10.0 Å². The van der Waals surface area contributed by atoms with Gasteiger partial charge >= 0.3 is 0 Å². The Kier molecular flexibility index (Phi) is 6.64. The first-order valence-electron chi connectivity index (χ1n) is 9.70. The minimum absolute atomic E-state index is 0.0383. The highest BCUT2D eigenvalue weighted by atomic mass is 32.2. The maximum Gasteiger partial charge on any atom is 0.262 e. The highest BCUT2D eigenvalue weighted by Crippen LogP contribution is 2.28. The summed E-state index contributed by atoms with van der Waals surface area (Å²) in [4.78, 5) is 12.6. The molecule has 2 aromatic carbocycles. The minimum Gasteiger partial charge on any atom is -0.507 e. The third-order valence-electron chi connectivity index (χ3n) is 5.06. The molecule has 1 amide bonds. The summed E-state index contributed by atoms with van der Waals surface area (Å²) in [6.45, 7) is 0. The molecular formula is C21H26N2O5S. The van der Waals surface area contributed by atoms with E-state index in [1.807, 2.05) is 0 Å². The summed E-state index contributed by atoms with van der Waals surface area (Å²) in [5.74, 6) is -0.350. The van der Waals surface area contributed by atoms with Crippen LogP contribution in [0.1, 0.15) is 48.9 Å². The van der Waals surface area contributed by atoms with Crippen LogP contribution in [0.25, 0.3) is 0 Å². The number of phenolic OH excluding ortho intramolecular Hbond substituents is 1. The van der Waals surface area contributed by atoms with Crippen molar-refractivity contribution in [2.45, 2.75) is 49.5 Å². The zero-order valence-electron chi connectivity index (χ0n) is 16.3. The van der Waals surface area contributed by atoms with E-state index < -0.39 is 15.9 Å². The van der Waals surface area contributed by atoms with Crippen LogP contribution in [-0.2, 0) is 10.0 Å². The molecule has 1 saturated carbocycles. The lowest BCUT2D eigenvalue weighted by Crippen LogP contribution is -2.34. The number of methoxy groups -OCH3 is 1. The van der Waals surface area contributed by atoms with Crippen LogP contribution < -0.4 is 14.8 Å². The third kappa shape index (κ3) is 5.20. The molecule has 0 heterocycles. The van der Waals surface area contributed by atoms with Crippen LogP contribution in [0.3, 0.4) is 0 Å². The average Bonchev–Trinajstić information content (AvgIpc) is 2.97. The molecule has 1 fully saturated rings. The summed E-state index contributed by atoms with van der Waals surface area (Å²) in [7, 11) is -2.53. The molecule has 0 atom stereocenters. The van der Waals surface area contributed by atoms with E-state index in [9.17, 15) is 18.3 Å². The molecule has 0 saturated heterocycles. The topological polar surface area (TPSA) is 105 Å². The van der Waals surface area contributed by atoms with Gasteiger partial charge in [0.25, 0.3) is 15.9 Å². The van der Waals surface area contributed by atoms with Crippen molar-refractivity contribution in [3.63, 3.8) is 0 Å². The van der Waals surface area contributed by atoms with Gasteiger partial charge < -0.3 is 15.2 Å². The fraction of sp³-hybridized carbons (Fsp3) is 0.381. The highest BCUT2D eigenvalue weighted by Gasteiger charge is 2.22. The van der Waals surface area contributed by atoms with E-state index in [-0.39, 0.29) is 27.9 Å². The standard InChI is InChI=1S/C21H26N2O5S/c1-28-20-11-7-6-10-18(20)23-29(26,27)16-12-13-19(24)17(14-16)21(25)22-15-8-4-2-3-5-9-15/h6-7,10-15,23-24H,2-5,8-9H2,1H3,(H,22,25). The first-order valence-corrected chi connectivity index (χ1v) is 11.2. The van der Waals surface area contributed by atoms with Crippen molar-refractivity contribution in [1.29, 1.82) is 0 Å². The number of hydrogen-bond acceptors (Lipinski definition) is 5. The smallest absolute Gasteiger partial charge is 0.262 e. The lowest BCUT2D eigenvalue weighted by atomic mass is 10.1. The Morgan fingerprint density at radius 2 is 1.76 bits per heavy atom. The Morgan fingerprint density at radius 1 is 1.07 bits per heavy atom. The van der Waals surface area contributed by atoms with Crippen LogP contribution in [-0.4, -0.2) is 32.6 Å². The Morgan fingerprint density at radius 3 is 2.45 bits per heavy atom. The maximum absolute atomic E-state index is 12.8. The first kappa shape index (κ1) is 21.0. The lowest BCUT2D eigenvalue weighted by molar-refractivity contribution is 0.0930. The van der Waals surface area contributed by atoms with Crippen LogP contribution in [0.4, 0.5) is 5.69 Å². The number of para-hydroxylation sites is 2. The summed E-state index contributed by atoms with van der Waals surface area (Å²) < 4.78 is 33.3. The number of rotatable bonds is 6. The van der Waals surface area contributed by atoms with Crippen molar-refractivity contribution >= 4 is 21.6 Å². The molecular weight excluding hydrogens is 392 g/mol. The molecule has 3 N–H and O–H groups in total. The summed E-state index contributed by atoms with van der Waals surface area (Å²) in [6, 6.07) is 10.3. The van der Waals surface area contributed by atoms with Gasteiger partial charge in [0.15, 0.2) is 0 Å². The summed E-state index contributed by atoms with van der Waals surface area (Å²) in [5.41, 5.74) is 0.227. The molecule has 0 aliphatic heterocycles. The molecule has 29 heavy (non-hydrogen) atoms. The van der Waals surface area contributed by atoms with Gasteiger partial charge in [-0.2, -0.15) is 0 Å². The number of carbonyl (C=O) groups is 1. The van der Waals surface area contributed by atoms with Gasteiger partial charge in [-0.05, 0) is 43.2 Å². The average molecular weight is 419 g/mol. The molecule has 1 aliphatic carbocycles. The van der Waals surface area contributed by atoms with E-state index in [0.29, 0.717) is 5.75 Å². The quantitative estimate of drug-likeness (QED) is 0.621. The van der Waals surface area contributed by atoms with Gasteiger partial charge in [0.1, 0.15) is 11.5 Å². The van der Waals surface area contributed by atoms with Crippen molar-refractivity contribution in [2.75, 3.05) is 11.8 Å². The van der Waals surface area contributed by atoms with E-state index in [0.717, 1.165) is 38.5 Å². The number of sulfonamides is 1. The third-order valence-corrected chi connectivity index (χ3v) is 6.43. The van der Waals surface area contributed by atoms with Crippen LogP contribution in [0.5, 0.6) is 11.5 Å². The molecule has 8 heteroatoms. The molecule has 0 spiro atoms.